The van der Waals surface area contributed by atoms with Crippen LogP contribution in [0.25, 0.3) is 5.65 Å². The van der Waals surface area contributed by atoms with Gasteiger partial charge in [0.25, 0.3) is 5.91 Å². The summed E-state index contributed by atoms with van der Waals surface area (Å²) in [5.74, 6) is 0.751. The summed E-state index contributed by atoms with van der Waals surface area (Å²) < 4.78 is 1.65. The molecule has 9 nitrogen and oxygen atoms in total. The van der Waals surface area contributed by atoms with Gasteiger partial charge in [-0.1, -0.05) is 18.2 Å². The van der Waals surface area contributed by atoms with E-state index in [1.165, 1.54) is 0 Å². The molecular formula is C20H23N7O2. The fourth-order valence-corrected chi connectivity index (χ4v) is 3.46. The summed E-state index contributed by atoms with van der Waals surface area (Å²) in [6, 6.07) is 12.9. The van der Waals surface area contributed by atoms with E-state index in [0.29, 0.717) is 24.3 Å². The van der Waals surface area contributed by atoms with Crippen LogP contribution < -0.4 is 15.5 Å². The third kappa shape index (κ3) is 4.50. The summed E-state index contributed by atoms with van der Waals surface area (Å²) in [5.41, 5.74) is 1.33. The van der Waals surface area contributed by atoms with Gasteiger partial charge in [-0.15, -0.1) is 15.3 Å². The molecule has 0 radical (unpaired) electrons. The largest absolute Gasteiger partial charge is 0.355 e. The highest BCUT2D eigenvalue weighted by atomic mass is 16.2. The third-order valence-corrected chi connectivity index (χ3v) is 5.08. The van der Waals surface area contributed by atoms with Crippen LogP contribution in [0, 0.1) is 5.92 Å². The zero-order chi connectivity index (χ0) is 20.1. The topological polar surface area (TPSA) is 105 Å². The molecule has 1 fully saturated rings. The first kappa shape index (κ1) is 18.9. The van der Waals surface area contributed by atoms with E-state index < -0.39 is 0 Å². The lowest BCUT2D eigenvalue weighted by Crippen LogP contribution is -2.42. The van der Waals surface area contributed by atoms with Crippen LogP contribution in [0.1, 0.15) is 23.2 Å². The molecule has 2 amide bonds. The van der Waals surface area contributed by atoms with E-state index in [1.54, 1.807) is 23.0 Å². The van der Waals surface area contributed by atoms with Crippen LogP contribution in [-0.4, -0.2) is 57.8 Å². The van der Waals surface area contributed by atoms with Gasteiger partial charge in [0.1, 0.15) is 12.1 Å². The number of hydrogen-bond acceptors (Lipinski definition) is 6. The number of piperidine rings is 1. The predicted octanol–water partition coefficient (Wildman–Crippen LogP) is 0.887. The van der Waals surface area contributed by atoms with Crippen molar-refractivity contribution in [2.45, 2.75) is 12.8 Å². The molecule has 1 aliphatic heterocycles. The number of amides is 2. The Morgan fingerprint density at radius 1 is 1.00 bits per heavy atom. The number of rotatable bonds is 6. The summed E-state index contributed by atoms with van der Waals surface area (Å²) in [5, 5.41) is 18.0. The number of fused-ring (bicyclic) bond motifs is 1. The second kappa shape index (κ2) is 8.68. The maximum absolute atomic E-state index is 12.4. The molecule has 4 rings (SSSR count). The number of carbonyl (C=O) groups excluding carboxylic acids is 2. The van der Waals surface area contributed by atoms with E-state index in [0.717, 1.165) is 31.7 Å². The summed E-state index contributed by atoms with van der Waals surface area (Å²) in [6.45, 7) is 2.36. The van der Waals surface area contributed by atoms with Crippen LogP contribution >= 0.6 is 0 Å². The molecule has 0 unspecified atom stereocenters. The number of nitrogens with zero attached hydrogens (tertiary/aromatic N) is 5. The minimum Gasteiger partial charge on any atom is -0.355 e. The van der Waals surface area contributed by atoms with Crippen LogP contribution in [-0.2, 0) is 4.79 Å². The second-order valence-corrected chi connectivity index (χ2v) is 7.00. The van der Waals surface area contributed by atoms with Crippen molar-refractivity contribution >= 4 is 23.3 Å². The monoisotopic (exact) mass is 393 g/mol. The lowest BCUT2D eigenvalue weighted by Gasteiger charge is -2.32. The first-order chi connectivity index (χ1) is 14.2. The zero-order valence-electron chi connectivity index (χ0n) is 16.0. The van der Waals surface area contributed by atoms with E-state index in [1.807, 2.05) is 30.3 Å². The Balaban J connectivity index is 1.19. The highest BCUT2D eigenvalue weighted by Crippen LogP contribution is 2.22. The summed E-state index contributed by atoms with van der Waals surface area (Å²) in [6.07, 6.45) is 3.11. The van der Waals surface area contributed by atoms with Crippen molar-refractivity contribution in [3.05, 3.63) is 54.4 Å². The lowest BCUT2D eigenvalue weighted by molar-refractivity contribution is -0.125. The molecule has 2 aromatic heterocycles. The third-order valence-electron chi connectivity index (χ3n) is 5.08. The quantitative estimate of drug-likeness (QED) is 0.603. The van der Waals surface area contributed by atoms with Gasteiger partial charge >= 0.3 is 0 Å². The molecule has 29 heavy (non-hydrogen) atoms. The minimum absolute atomic E-state index is 0.0188. The molecule has 150 valence electrons. The average Bonchev–Trinajstić information content (AvgIpc) is 3.25. The number of benzene rings is 1. The van der Waals surface area contributed by atoms with Crippen molar-refractivity contribution in [2.75, 3.05) is 31.1 Å². The minimum atomic E-state index is -0.134. The Morgan fingerprint density at radius 2 is 1.76 bits per heavy atom. The van der Waals surface area contributed by atoms with Gasteiger partial charge < -0.3 is 15.5 Å². The fraction of sp³-hybridized carbons (Fsp3) is 0.350. The van der Waals surface area contributed by atoms with E-state index in [9.17, 15) is 9.59 Å². The molecule has 3 aromatic rings. The molecule has 0 saturated carbocycles. The molecule has 0 aliphatic carbocycles. The van der Waals surface area contributed by atoms with Crippen molar-refractivity contribution < 1.29 is 9.59 Å². The molecule has 0 bridgehead atoms. The van der Waals surface area contributed by atoms with Crippen LogP contribution in [0.4, 0.5) is 5.82 Å². The van der Waals surface area contributed by atoms with Gasteiger partial charge in [-0.25, -0.2) is 0 Å². The van der Waals surface area contributed by atoms with Gasteiger partial charge in [-0.2, -0.15) is 4.52 Å². The molecule has 0 spiro atoms. The highest BCUT2D eigenvalue weighted by Gasteiger charge is 2.25. The van der Waals surface area contributed by atoms with Gasteiger partial charge in [0.15, 0.2) is 5.65 Å². The first-order valence-electron chi connectivity index (χ1n) is 9.74. The molecule has 9 heteroatoms. The maximum atomic E-state index is 12.4. The summed E-state index contributed by atoms with van der Waals surface area (Å²) >= 11 is 0. The molecule has 2 N–H and O–H groups in total. The van der Waals surface area contributed by atoms with Crippen molar-refractivity contribution in [1.82, 2.24) is 30.4 Å². The second-order valence-electron chi connectivity index (χ2n) is 7.00. The van der Waals surface area contributed by atoms with Gasteiger partial charge in [0.2, 0.25) is 5.91 Å². The van der Waals surface area contributed by atoms with E-state index >= 15 is 0 Å². The SMILES string of the molecule is O=C(NCCNC(=O)C1CCN(c2ccc3nncn3n2)CC1)c1ccccc1. The van der Waals surface area contributed by atoms with Gasteiger partial charge in [0, 0.05) is 37.7 Å². The maximum Gasteiger partial charge on any atom is 0.251 e. The summed E-state index contributed by atoms with van der Waals surface area (Å²) in [4.78, 5) is 26.6. The Morgan fingerprint density at radius 3 is 2.55 bits per heavy atom. The Hall–Kier alpha value is -3.49. The van der Waals surface area contributed by atoms with Crippen LogP contribution in [0.5, 0.6) is 0 Å². The highest BCUT2D eigenvalue weighted by molar-refractivity contribution is 5.94. The van der Waals surface area contributed by atoms with Crippen LogP contribution in [0.2, 0.25) is 0 Å². The number of anilines is 1. The van der Waals surface area contributed by atoms with Crippen molar-refractivity contribution in [3.8, 4) is 0 Å². The molecule has 1 aliphatic rings. The van der Waals surface area contributed by atoms with Crippen molar-refractivity contribution in [2.24, 2.45) is 5.92 Å². The number of aromatic nitrogens is 4. The number of hydrogen-bond donors (Lipinski definition) is 2. The molecule has 1 saturated heterocycles. The Kier molecular flexibility index (Phi) is 5.64. The standard InChI is InChI=1S/C20H23N7O2/c28-19(15-4-2-1-3-5-15)21-10-11-22-20(29)16-8-12-26(13-9-16)18-7-6-17-24-23-14-27(17)25-18/h1-7,14,16H,8-13H2,(H,21,28)(H,22,29). The zero-order valence-corrected chi connectivity index (χ0v) is 16.0. The number of carbonyl (C=O) groups is 2. The van der Waals surface area contributed by atoms with Crippen LogP contribution in [0.15, 0.2) is 48.8 Å². The molecule has 3 heterocycles. The van der Waals surface area contributed by atoms with Crippen molar-refractivity contribution in [3.63, 3.8) is 0 Å². The smallest absolute Gasteiger partial charge is 0.251 e. The Bertz CT molecular complexity index is 981. The van der Waals surface area contributed by atoms with Gasteiger partial charge in [-0.3, -0.25) is 9.59 Å². The van der Waals surface area contributed by atoms with E-state index in [-0.39, 0.29) is 17.7 Å². The first-order valence-corrected chi connectivity index (χ1v) is 9.74. The van der Waals surface area contributed by atoms with E-state index in [4.69, 9.17) is 0 Å². The lowest BCUT2D eigenvalue weighted by atomic mass is 9.96. The number of nitrogens with one attached hydrogen (secondary N) is 2. The molecule has 1 aromatic carbocycles. The Labute approximate surface area is 168 Å². The van der Waals surface area contributed by atoms with E-state index in [2.05, 4.69) is 30.8 Å². The average molecular weight is 393 g/mol. The van der Waals surface area contributed by atoms with Gasteiger partial charge in [-0.05, 0) is 37.1 Å². The van der Waals surface area contributed by atoms with Crippen LogP contribution in [0.3, 0.4) is 0 Å². The normalized spacial score (nSPS) is 14.7. The molecular weight excluding hydrogens is 370 g/mol. The predicted molar refractivity (Wildman–Crippen MR) is 108 cm³/mol. The fourth-order valence-electron chi connectivity index (χ4n) is 3.46. The van der Waals surface area contributed by atoms with Crippen molar-refractivity contribution in [1.29, 1.82) is 0 Å². The van der Waals surface area contributed by atoms with Gasteiger partial charge in [0.05, 0.1) is 0 Å². The molecule has 0 atom stereocenters. The summed E-state index contributed by atoms with van der Waals surface area (Å²) in [7, 11) is 0.